The lowest BCUT2D eigenvalue weighted by atomic mass is 9.92. The van der Waals surface area contributed by atoms with Crippen LogP contribution in [0.25, 0.3) is 0 Å². The van der Waals surface area contributed by atoms with Gasteiger partial charge in [-0.25, -0.2) is 0 Å². The maximum absolute atomic E-state index is 6.00. The first-order valence-corrected chi connectivity index (χ1v) is 6.20. The second-order valence-electron chi connectivity index (χ2n) is 5.70. The van der Waals surface area contributed by atoms with E-state index < -0.39 is 0 Å². The molecule has 0 aromatic heterocycles. The Hall–Kier alpha value is -1.38. The quantitative estimate of drug-likeness (QED) is 0.789. The lowest BCUT2D eigenvalue weighted by Crippen LogP contribution is -2.18. The molecule has 17 heavy (non-hydrogen) atoms. The lowest BCUT2D eigenvalue weighted by Gasteiger charge is -2.19. The lowest BCUT2D eigenvalue weighted by molar-refractivity contribution is 0.378. The number of hydrogen-bond donors (Lipinski definition) is 2. The molecule has 1 aliphatic carbocycles. The van der Waals surface area contributed by atoms with Gasteiger partial charge in [0.05, 0.1) is 18.5 Å². The maximum atomic E-state index is 6.00. The fourth-order valence-corrected chi connectivity index (χ4v) is 2.58. The van der Waals surface area contributed by atoms with Gasteiger partial charge in [-0.2, -0.15) is 0 Å². The zero-order valence-electron chi connectivity index (χ0n) is 10.9. The van der Waals surface area contributed by atoms with Crippen LogP contribution in [0, 0.1) is 5.41 Å². The maximum Gasteiger partial charge on any atom is 0.121 e. The van der Waals surface area contributed by atoms with Crippen molar-refractivity contribution < 1.29 is 4.74 Å². The van der Waals surface area contributed by atoms with Crippen LogP contribution in [0.3, 0.4) is 0 Å². The Morgan fingerprint density at radius 2 is 2.18 bits per heavy atom. The summed E-state index contributed by atoms with van der Waals surface area (Å²) in [6.07, 6.45) is 3.71. The monoisotopic (exact) mass is 234 g/mol. The molecular weight excluding hydrogens is 212 g/mol. The van der Waals surface area contributed by atoms with Gasteiger partial charge >= 0.3 is 0 Å². The summed E-state index contributed by atoms with van der Waals surface area (Å²) in [5.74, 6) is 0.805. The number of rotatable bonds is 3. The molecule has 1 aliphatic rings. The molecule has 0 saturated heterocycles. The van der Waals surface area contributed by atoms with Crippen LogP contribution in [-0.4, -0.2) is 13.2 Å². The van der Waals surface area contributed by atoms with Crippen LogP contribution in [0.4, 0.5) is 11.4 Å². The number of benzene rings is 1. The molecule has 1 aromatic rings. The fourth-order valence-electron chi connectivity index (χ4n) is 2.58. The predicted molar refractivity (Wildman–Crippen MR) is 72.4 cm³/mol. The van der Waals surface area contributed by atoms with Gasteiger partial charge in [0, 0.05) is 12.1 Å². The Kier molecular flexibility index (Phi) is 3.18. The van der Waals surface area contributed by atoms with Crippen LogP contribution in [0.15, 0.2) is 18.2 Å². The molecule has 3 heteroatoms. The summed E-state index contributed by atoms with van der Waals surface area (Å²) in [5, 5.41) is 3.54. The standard InChI is InChI=1S/C14H22N2O/c1-14(2)7-6-10(9-14)16-13-5-4-11(17-3)8-12(13)15/h4-5,8,10,16H,6-7,9,15H2,1-3H3. The van der Waals surface area contributed by atoms with E-state index in [2.05, 4.69) is 19.2 Å². The summed E-state index contributed by atoms with van der Waals surface area (Å²) in [6.45, 7) is 4.65. The van der Waals surface area contributed by atoms with Gasteiger partial charge in [-0.05, 0) is 36.8 Å². The normalized spacial score (nSPS) is 22.4. The van der Waals surface area contributed by atoms with Crippen LogP contribution in [-0.2, 0) is 0 Å². The predicted octanol–water partition coefficient (Wildman–Crippen LogP) is 3.27. The molecule has 0 aliphatic heterocycles. The summed E-state index contributed by atoms with van der Waals surface area (Å²) in [4.78, 5) is 0. The van der Waals surface area contributed by atoms with Crippen molar-refractivity contribution in [2.45, 2.75) is 39.2 Å². The van der Waals surface area contributed by atoms with Gasteiger partial charge < -0.3 is 15.8 Å². The first-order chi connectivity index (χ1) is 8.00. The minimum Gasteiger partial charge on any atom is -0.497 e. The second-order valence-corrected chi connectivity index (χ2v) is 5.70. The van der Waals surface area contributed by atoms with E-state index in [1.54, 1.807) is 7.11 Å². The molecule has 0 heterocycles. The number of ether oxygens (including phenoxy) is 1. The van der Waals surface area contributed by atoms with E-state index in [0.29, 0.717) is 11.5 Å². The highest BCUT2D eigenvalue weighted by molar-refractivity contribution is 5.68. The van der Waals surface area contributed by atoms with Crippen LogP contribution < -0.4 is 15.8 Å². The largest absolute Gasteiger partial charge is 0.497 e. The fraction of sp³-hybridized carbons (Fsp3) is 0.571. The average molecular weight is 234 g/mol. The molecular formula is C14H22N2O. The third-order valence-corrected chi connectivity index (χ3v) is 3.59. The molecule has 2 rings (SSSR count). The highest BCUT2D eigenvalue weighted by Gasteiger charge is 2.30. The Morgan fingerprint density at radius 3 is 2.71 bits per heavy atom. The highest BCUT2D eigenvalue weighted by atomic mass is 16.5. The molecule has 1 fully saturated rings. The van der Waals surface area contributed by atoms with Gasteiger partial charge in [0.2, 0.25) is 0 Å². The Balaban J connectivity index is 2.04. The van der Waals surface area contributed by atoms with Crippen molar-refractivity contribution in [3.63, 3.8) is 0 Å². The zero-order valence-corrected chi connectivity index (χ0v) is 10.9. The Bertz CT molecular complexity index is 401. The van der Waals surface area contributed by atoms with E-state index in [1.807, 2.05) is 18.2 Å². The van der Waals surface area contributed by atoms with Crippen LogP contribution >= 0.6 is 0 Å². The number of nitrogen functional groups attached to an aromatic ring is 1. The van der Waals surface area contributed by atoms with Gasteiger partial charge in [-0.3, -0.25) is 0 Å². The molecule has 1 aromatic carbocycles. The Morgan fingerprint density at radius 1 is 1.41 bits per heavy atom. The third kappa shape index (κ3) is 2.84. The van der Waals surface area contributed by atoms with Crippen molar-refractivity contribution in [2.24, 2.45) is 5.41 Å². The summed E-state index contributed by atoms with van der Waals surface area (Å²) in [7, 11) is 1.65. The van der Waals surface area contributed by atoms with Crippen molar-refractivity contribution in [1.29, 1.82) is 0 Å². The number of methoxy groups -OCH3 is 1. The van der Waals surface area contributed by atoms with E-state index in [9.17, 15) is 0 Å². The molecule has 1 atom stereocenters. The first-order valence-electron chi connectivity index (χ1n) is 6.20. The molecule has 0 amide bonds. The van der Waals surface area contributed by atoms with Crippen molar-refractivity contribution in [3.8, 4) is 5.75 Å². The zero-order chi connectivity index (χ0) is 12.5. The summed E-state index contributed by atoms with van der Waals surface area (Å²) in [5.41, 5.74) is 8.24. The van der Waals surface area contributed by atoms with E-state index in [1.165, 1.54) is 19.3 Å². The molecule has 1 saturated carbocycles. The number of nitrogens with two attached hydrogens (primary N) is 1. The van der Waals surface area contributed by atoms with E-state index >= 15 is 0 Å². The van der Waals surface area contributed by atoms with E-state index in [4.69, 9.17) is 10.5 Å². The first kappa shape index (κ1) is 12.1. The van der Waals surface area contributed by atoms with Crippen LogP contribution in [0.5, 0.6) is 5.75 Å². The van der Waals surface area contributed by atoms with Crippen molar-refractivity contribution >= 4 is 11.4 Å². The molecule has 0 bridgehead atoms. The SMILES string of the molecule is COc1ccc(NC2CCC(C)(C)C2)c(N)c1. The molecule has 3 N–H and O–H groups in total. The molecule has 3 nitrogen and oxygen atoms in total. The summed E-state index contributed by atoms with van der Waals surface area (Å²) >= 11 is 0. The minimum atomic E-state index is 0.457. The molecule has 94 valence electrons. The number of hydrogen-bond acceptors (Lipinski definition) is 3. The van der Waals surface area contributed by atoms with Crippen molar-refractivity contribution in [3.05, 3.63) is 18.2 Å². The Labute approximate surface area is 103 Å². The topological polar surface area (TPSA) is 47.3 Å². The molecule has 1 unspecified atom stereocenters. The molecule has 0 radical (unpaired) electrons. The van der Waals surface area contributed by atoms with Gasteiger partial charge in [0.1, 0.15) is 5.75 Å². The van der Waals surface area contributed by atoms with Gasteiger partial charge in [-0.1, -0.05) is 13.8 Å². The van der Waals surface area contributed by atoms with E-state index in [-0.39, 0.29) is 0 Å². The second kappa shape index (κ2) is 4.47. The number of nitrogens with one attached hydrogen (secondary N) is 1. The van der Waals surface area contributed by atoms with E-state index in [0.717, 1.165) is 17.1 Å². The highest BCUT2D eigenvalue weighted by Crippen LogP contribution is 2.39. The molecule has 0 spiro atoms. The van der Waals surface area contributed by atoms with Gasteiger partial charge in [0.25, 0.3) is 0 Å². The van der Waals surface area contributed by atoms with Gasteiger partial charge in [0.15, 0.2) is 0 Å². The van der Waals surface area contributed by atoms with Gasteiger partial charge in [-0.15, -0.1) is 0 Å². The van der Waals surface area contributed by atoms with Crippen molar-refractivity contribution in [1.82, 2.24) is 0 Å². The van der Waals surface area contributed by atoms with Crippen LogP contribution in [0.2, 0.25) is 0 Å². The van der Waals surface area contributed by atoms with Crippen LogP contribution in [0.1, 0.15) is 33.1 Å². The summed E-state index contributed by atoms with van der Waals surface area (Å²) < 4.78 is 5.15. The summed E-state index contributed by atoms with van der Waals surface area (Å²) in [6, 6.07) is 6.35. The number of anilines is 2. The van der Waals surface area contributed by atoms with Crippen molar-refractivity contribution in [2.75, 3.05) is 18.2 Å². The third-order valence-electron chi connectivity index (χ3n) is 3.59. The smallest absolute Gasteiger partial charge is 0.121 e. The average Bonchev–Trinajstić information content (AvgIpc) is 2.61. The minimum absolute atomic E-state index is 0.457.